The normalized spacial score (nSPS) is 10.8. The highest BCUT2D eigenvalue weighted by Crippen LogP contribution is 2.35. The number of aryl methyl sites for hydroxylation is 2. The standard InChI is InChI=1S/C37H37N7O4/c1-5-6-9-25-22-34(44(43-25)26-14-12-24(2)13-15-26)41-37(45)40-30-18-19-32(29-11-8-7-10-28(29)30)48-35-20-21-38-36(42-35)39-31-17-16-27(46-3)23-33(31)47-4/h7-8,10-23H,5-6,9H2,1-4H3,(H,38,39,42)(H2,40,41,45). The summed E-state index contributed by atoms with van der Waals surface area (Å²) in [5.74, 6) is 3.08. The van der Waals surface area contributed by atoms with Gasteiger partial charge in [0.25, 0.3) is 0 Å². The maximum absolute atomic E-state index is 13.4. The van der Waals surface area contributed by atoms with E-state index in [0.29, 0.717) is 46.3 Å². The number of carbonyl (C=O) groups is 1. The molecule has 0 saturated heterocycles. The number of hydrogen-bond donors (Lipinski definition) is 3. The molecule has 11 heteroatoms. The van der Waals surface area contributed by atoms with Crippen LogP contribution in [0.15, 0.2) is 97.2 Å². The predicted molar refractivity (Wildman–Crippen MR) is 188 cm³/mol. The molecule has 0 atom stereocenters. The van der Waals surface area contributed by atoms with E-state index in [4.69, 9.17) is 19.3 Å². The first-order valence-electron chi connectivity index (χ1n) is 15.7. The number of nitrogens with one attached hydrogen (secondary N) is 3. The summed E-state index contributed by atoms with van der Waals surface area (Å²) in [6.45, 7) is 4.18. The van der Waals surface area contributed by atoms with Crippen molar-refractivity contribution in [3.05, 3.63) is 108 Å². The van der Waals surface area contributed by atoms with Crippen LogP contribution in [-0.4, -0.2) is 40.0 Å². The van der Waals surface area contributed by atoms with Gasteiger partial charge in [0.1, 0.15) is 23.1 Å². The van der Waals surface area contributed by atoms with Gasteiger partial charge in [-0.3, -0.25) is 5.32 Å². The number of nitrogens with zero attached hydrogens (tertiary/aromatic N) is 4. The number of carbonyl (C=O) groups excluding carboxylic acids is 1. The molecular formula is C37H37N7O4. The van der Waals surface area contributed by atoms with E-state index in [0.717, 1.165) is 47.0 Å². The molecule has 0 spiro atoms. The second kappa shape index (κ2) is 14.5. The Balaban J connectivity index is 1.21. The van der Waals surface area contributed by atoms with Gasteiger partial charge in [0.15, 0.2) is 0 Å². The smallest absolute Gasteiger partial charge is 0.324 e. The van der Waals surface area contributed by atoms with Gasteiger partial charge in [0, 0.05) is 35.2 Å². The summed E-state index contributed by atoms with van der Waals surface area (Å²) in [5, 5.41) is 15.6. The van der Waals surface area contributed by atoms with Crippen LogP contribution in [0.4, 0.5) is 27.9 Å². The number of unbranched alkanes of at least 4 members (excludes halogenated alkanes) is 1. The van der Waals surface area contributed by atoms with E-state index >= 15 is 0 Å². The molecule has 2 amide bonds. The average Bonchev–Trinajstić information content (AvgIpc) is 3.51. The summed E-state index contributed by atoms with van der Waals surface area (Å²) in [5.41, 5.74) is 4.24. The molecule has 6 aromatic rings. The minimum absolute atomic E-state index is 0.331. The first-order chi connectivity index (χ1) is 23.4. The van der Waals surface area contributed by atoms with Gasteiger partial charge in [-0.05, 0) is 56.2 Å². The number of methoxy groups -OCH3 is 2. The molecule has 3 N–H and O–H groups in total. The van der Waals surface area contributed by atoms with Crippen LogP contribution in [-0.2, 0) is 6.42 Å². The lowest BCUT2D eigenvalue weighted by molar-refractivity contribution is 0.262. The Hall–Kier alpha value is -6.10. The van der Waals surface area contributed by atoms with E-state index in [1.165, 1.54) is 0 Å². The molecule has 244 valence electrons. The van der Waals surface area contributed by atoms with Crippen molar-refractivity contribution >= 4 is 39.9 Å². The minimum atomic E-state index is -0.385. The number of amides is 2. The van der Waals surface area contributed by atoms with Gasteiger partial charge >= 0.3 is 6.03 Å². The molecule has 6 rings (SSSR count). The Morgan fingerprint density at radius 3 is 2.40 bits per heavy atom. The fourth-order valence-corrected chi connectivity index (χ4v) is 5.22. The number of anilines is 4. The Bertz CT molecular complexity index is 2040. The maximum Gasteiger partial charge on any atom is 0.324 e. The highest BCUT2D eigenvalue weighted by Gasteiger charge is 2.16. The average molecular weight is 644 g/mol. The van der Waals surface area contributed by atoms with Crippen molar-refractivity contribution < 1.29 is 19.0 Å². The number of hydrogen-bond acceptors (Lipinski definition) is 8. The van der Waals surface area contributed by atoms with Gasteiger partial charge in [-0.15, -0.1) is 0 Å². The SMILES string of the molecule is CCCCc1cc(NC(=O)Nc2ccc(Oc3ccnc(Nc4ccc(OC)cc4OC)n3)c3ccccc23)n(-c2ccc(C)cc2)n1. The molecule has 4 aromatic carbocycles. The largest absolute Gasteiger partial charge is 0.497 e. The van der Waals surface area contributed by atoms with Gasteiger partial charge in [0.2, 0.25) is 11.8 Å². The molecule has 2 aromatic heterocycles. The summed E-state index contributed by atoms with van der Waals surface area (Å²) >= 11 is 0. The second-order valence-electron chi connectivity index (χ2n) is 11.1. The molecule has 2 heterocycles. The summed E-state index contributed by atoms with van der Waals surface area (Å²) in [6.07, 6.45) is 4.51. The van der Waals surface area contributed by atoms with Crippen LogP contribution in [0.25, 0.3) is 16.5 Å². The van der Waals surface area contributed by atoms with Crippen LogP contribution in [0.5, 0.6) is 23.1 Å². The van der Waals surface area contributed by atoms with E-state index in [-0.39, 0.29) is 6.03 Å². The highest BCUT2D eigenvalue weighted by molar-refractivity contribution is 6.07. The number of aromatic nitrogens is 4. The molecule has 0 fully saturated rings. The van der Waals surface area contributed by atoms with Crippen LogP contribution < -0.4 is 30.2 Å². The van der Waals surface area contributed by atoms with E-state index in [9.17, 15) is 4.79 Å². The van der Waals surface area contributed by atoms with E-state index in [1.54, 1.807) is 43.3 Å². The third-order valence-corrected chi connectivity index (χ3v) is 7.70. The number of rotatable bonds is 12. The van der Waals surface area contributed by atoms with Crippen molar-refractivity contribution in [2.45, 2.75) is 33.1 Å². The number of benzene rings is 4. The van der Waals surface area contributed by atoms with Crippen molar-refractivity contribution in [2.24, 2.45) is 0 Å². The van der Waals surface area contributed by atoms with Gasteiger partial charge in [0.05, 0.1) is 37.0 Å². The van der Waals surface area contributed by atoms with Crippen molar-refractivity contribution in [1.82, 2.24) is 19.7 Å². The zero-order chi connectivity index (χ0) is 33.5. The number of ether oxygens (including phenoxy) is 3. The van der Waals surface area contributed by atoms with Crippen molar-refractivity contribution in [3.63, 3.8) is 0 Å². The van der Waals surface area contributed by atoms with Crippen LogP contribution >= 0.6 is 0 Å². The van der Waals surface area contributed by atoms with Crippen LogP contribution in [0.1, 0.15) is 31.0 Å². The molecular weight excluding hydrogens is 606 g/mol. The zero-order valence-electron chi connectivity index (χ0n) is 27.3. The molecule has 0 unspecified atom stereocenters. The molecule has 11 nitrogen and oxygen atoms in total. The summed E-state index contributed by atoms with van der Waals surface area (Å²) < 4.78 is 18.8. The predicted octanol–water partition coefficient (Wildman–Crippen LogP) is 8.66. The van der Waals surface area contributed by atoms with E-state index in [2.05, 4.69) is 32.8 Å². The van der Waals surface area contributed by atoms with Crippen LogP contribution in [0, 0.1) is 6.92 Å². The van der Waals surface area contributed by atoms with Crippen molar-refractivity contribution in [1.29, 1.82) is 0 Å². The van der Waals surface area contributed by atoms with E-state index < -0.39 is 0 Å². The van der Waals surface area contributed by atoms with Gasteiger partial charge < -0.3 is 24.8 Å². The minimum Gasteiger partial charge on any atom is -0.497 e. The molecule has 0 aliphatic carbocycles. The fraction of sp³-hybridized carbons (Fsp3) is 0.189. The van der Waals surface area contributed by atoms with Crippen molar-refractivity contribution in [2.75, 3.05) is 30.2 Å². The van der Waals surface area contributed by atoms with Crippen LogP contribution in [0.2, 0.25) is 0 Å². The monoisotopic (exact) mass is 643 g/mol. The van der Waals surface area contributed by atoms with E-state index in [1.807, 2.05) is 79.7 Å². The summed E-state index contributed by atoms with van der Waals surface area (Å²) in [6, 6.07) is 28.0. The highest BCUT2D eigenvalue weighted by atomic mass is 16.5. The topological polar surface area (TPSA) is 124 Å². The Kier molecular flexibility index (Phi) is 9.66. The Morgan fingerprint density at radius 1 is 0.833 bits per heavy atom. The lowest BCUT2D eigenvalue weighted by atomic mass is 10.1. The summed E-state index contributed by atoms with van der Waals surface area (Å²) in [4.78, 5) is 22.3. The third-order valence-electron chi connectivity index (χ3n) is 7.70. The Labute approximate surface area is 278 Å². The van der Waals surface area contributed by atoms with Gasteiger partial charge in [-0.25, -0.2) is 14.5 Å². The third kappa shape index (κ3) is 7.31. The van der Waals surface area contributed by atoms with Gasteiger partial charge in [-0.2, -0.15) is 10.1 Å². The van der Waals surface area contributed by atoms with Crippen molar-refractivity contribution in [3.8, 4) is 28.8 Å². The molecule has 0 radical (unpaired) electrons. The Morgan fingerprint density at radius 2 is 1.62 bits per heavy atom. The van der Waals surface area contributed by atoms with Gasteiger partial charge in [-0.1, -0.05) is 55.3 Å². The quantitative estimate of drug-likeness (QED) is 0.121. The number of urea groups is 1. The second-order valence-corrected chi connectivity index (χ2v) is 11.1. The first kappa shape index (κ1) is 31.9. The lowest BCUT2D eigenvalue weighted by Gasteiger charge is -2.15. The fourth-order valence-electron chi connectivity index (χ4n) is 5.22. The van der Waals surface area contributed by atoms with Crippen LogP contribution in [0.3, 0.4) is 0 Å². The number of fused-ring (bicyclic) bond motifs is 1. The molecule has 0 saturated carbocycles. The molecule has 0 bridgehead atoms. The molecule has 0 aliphatic heterocycles. The zero-order valence-corrected chi connectivity index (χ0v) is 27.3. The maximum atomic E-state index is 13.4. The lowest BCUT2D eigenvalue weighted by Crippen LogP contribution is -2.21. The molecule has 0 aliphatic rings. The molecule has 48 heavy (non-hydrogen) atoms. The summed E-state index contributed by atoms with van der Waals surface area (Å²) in [7, 11) is 3.18. The first-order valence-corrected chi connectivity index (χ1v) is 15.7.